The molecule has 2 rings (SSSR count). The molecular weight excluding hydrogens is 248 g/mol. The number of hydrogen-bond acceptors (Lipinski definition) is 1. The smallest absolute Gasteiger partial charge is 0.248 e. The van der Waals surface area contributed by atoms with E-state index in [0.29, 0.717) is 24.8 Å². The summed E-state index contributed by atoms with van der Waals surface area (Å²) < 4.78 is 26.6. The molecule has 0 bridgehead atoms. The molecule has 110 valence electrons. The summed E-state index contributed by atoms with van der Waals surface area (Å²) in [6.07, 6.45) is 3.83. The first-order chi connectivity index (χ1) is 8.96. The molecule has 0 aromatic heterocycles. The number of hydrogen-bond donors (Lipinski definition) is 1. The predicted octanol–water partition coefficient (Wildman–Crippen LogP) is 2.86. The Labute approximate surface area is 114 Å². The summed E-state index contributed by atoms with van der Waals surface area (Å²) in [5, 5.41) is 0. The van der Waals surface area contributed by atoms with Crippen molar-refractivity contribution in [2.45, 2.75) is 51.4 Å². The standard InChI is InChI=1S/C14H25F2N3/c1-11-4-3-7-19(10-11)13(17)18-9-12-5-2-6-14(15,16)8-12/h11-12H,2-10H2,1H3,(H2,17,18). The van der Waals surface area contributed by atoms with Gasteiger partial charge in [0.2, 0.25) is 5.92 Å². The van der Waals surface area contributed by atoms with Crippen molar-refractivity contribution in [3.05, 3.63) is 0 Å². The Balaban J connectivity index is 1.83. The van der Waals surface area contributed by atoms with Crippen LogP contribution in [0.25, 0.3) is 0 Å². The van der Waals surface area contributed by atoms with E-state index in [1.807, 2.05) is 0 Å². The topological polar surface area (TPSA) is 41.6 Å². The molecule has 2 aliphatic rings. The molecule has 0 aromatic carbocycles. The van der Waals surface area contributed by atoms with Crippen molar-refractivity contribution in [3.63, 3.8) is 0 Å². The van der Waals surface area contributed by atoms with Crippen LogP contribution in [-0.2, 0) is 0 Å². The molecule has 0 spiro atoms. The van der Waals surface area contributed by atoms with Crippen molar-refractivity contribution in [2.24, 2.45) is 22.6 Å². The number of halogens is 2. The lowest BCUT2D eigenvalue weighted by atomic mass is 9.86. The average molecular weight is 273 g/mol. The molecule has 1 heterocycles. The largest absolute Gasteiger partial charge is 0.370 e. The van der Waals surface area contributed by atoms with Crippen LogP contribution < -0.4 is 5.73 Å². The first kappa shape index (κ1) is 14.5. The molecule has 1 aliphatic heterocycles. The second-order valence-electron chi connectivity index (χ2n) is 6.21. The van der Waals surface area contributed by atoms with Gasteiger partial charge in [-0.3, -0.25) is 4.99 Å². The second-order valence-corrected chi connectivity index (χ2v) is 6.21. The Hall–Kier alpha value is -0.870. The predicted molar refractivity (Wildman–Crippen MR) is 73.4 cm³/mol. The minimum absolute atomic E-state index is 0.00971. The molecule has 1 aliphatic carbocycles. The molecule has 1 saturated heterocycles. The average Bonchev–Trinajstić information content (AvgIpc) is 2.35. The van der Waals surface area contributed by atoms with Crippen LogP contribution in [0.15, 0.2) is 4.99 Å². The quantitative estimate of drug-likeness (QED) is 0.621. The second kappa shape index (κ2) is 6.06. The zero-order valence-electron chi connectivity index (χ0n) is 11.7. The lowest BCUT2D eigenvalue weighted by molar-refractivity contribution is -0.0508. The summed E-state index contributed by atoms with van der Waals surface area (Å²) >= 11 is 0. The fourth-order valence-corrected chi connectivity index (χ4v) is 3.15. The van der Waals surface area contributed by atoms with Gasteiger partial charge in [0, 0.05) is 32.5 Å². The maximum absolute atomic E-state index is 13.3. The van der Waals surface area contributed by atoms with Crippen molar-refractivity contribution in [1.29, 1.82) is 0 Å². The van der Waals surface area contributed by atoms with Crippen molar-refractivity contribution in [2.75, 3.05) is 19.6 Å². The lowest BCUT2D eigenvalue weighted by Crippen LogP contribution is -2.43. The molecule has 0 amide bonds. The van der Waals surface area contributed by atoms with Gasteiger partial charge in [-0.2, -0.15) is 0 Å². The van der Waals surface area contributed by atoms with Crippen LogP contribution in [0, 0.1) is 11.8 Å². The van der Waals surface area contributed by atoms with Crippen LogP contribution in [-0.4, -0.2) is 36.4 Å². The van der Waals surface area contributed by atoms with Gasteiger partial charge in [-0.25, -0.2) is 8.78 Å². The maximum Gasteiger partial charge on any atom is 0.248 e. The van der Waals surface area contributed by atoms with Crippen molar-refractivity contribution < 1.29 is 8.78 Å². The maximum atomic E-state index is 13.3. The molecule has 5 heteroatoms. The molecule has 2 atom stereocenters. The van der Waals surface area contributed by atoms with E-state index in [4.69, 9.17) is 5.73 Å². The number of aliphatic imine (C=N–C) groups is 1. The number of nitrogens with zero attached hydrogens (tertiary/aromatic N) is 2. The van der Waals surface area contributed by atoms with Gasteiger partial charge in [0.25, 0.3) is 0 Å². The number of rotatable bonds is 2. The van der Waals surface area contributed by atoms with E-state index < -0.39 is 5.92 Å². The Morgan fingerprint density at radius 3 is 2.84 bits per heavy atom. The van der Waals surface area contributed by atoms with Gasteiger partial charge >= 0.3 is 0 Å². The van der Waals surface area contributed by atoms with Gasteiger partial charge in [0.1, 0.15) is 0 Å². The zero-order chi connectivity index (χ0) is 13.9. The van der Waals surface area contributed by atoms with Gasteiger partial charge in [-0.15, -0.1) is 0 Å². The lowest BCUT2D eigenvalue weighted by Gasteiger charge is -2.32. The fraction of sp³-hybridized carbons (Fsp3) is 0.929. The zero-order valence-corrected chi connectivity index (χ0v) is 11.7. The highest BCUT2D eigenvalue weighted by Gasteiger charge is 2.36. The minimum atomic E-state index is -2.49. The molecule has 3 nitrogen and oxygen atoms in total. The number of piperidine rings is 1. The number of nitrogens with two attached hydrogens (primary N) is 1. The Bertz CT molecular complexity index is 331. The summed E-state index contributed by atoms with van der Waals surface area (Å²) in [6.45, 7) is 4.55. The third kappa shape index (κ3) is 4.32. The summed E-state index contributed by atoms with van der Waals surface area (Å²) in [5.74, 6) is -1.32. The number of alkyl halides is 2. The Kier molecular flexibility index (Phi) is 4.63. The van der Waals surface area contributed by atoms with E-state index in [1.165, 1.54) is 6.42 Å². The number of guanidine groups is 1. The fourth-order valence-electron chi connectivity index (χ4n) is 3.15. The molecule has 0 radical (unpaired) electrons. The Morgan fingerprint density at radius 1 is 1.37 bits per heavy atom. The summed E-state index contributed by atoms with van der Waals surface area (Å²) in [5.41, 5.74) is 5.98. The molecule has 1 saturated carbocycles. The van der Waals surface area contributed by atoms with Gasteiger partial charge in [0.05, 0.1) is 0 Å². The van der Waals surface area contributed by atoms with Crippen LogP contribution in [0.4, 0.5) is 8.78 Å². The molecule has 2 N–H and O–H groups in total. The monoisotopic (exact) mass is 273 g/mol. The van der Waals surface area contributed by atoms with Crippen LogP contribution in [0.2, 0.25) is 0 Å². The SMILES string of the molecule is CC1CCCN(C(N)=NCC2CCCC(F)(F)C2)C1. The van der Waals surface area contributed by atoms with E-state index in [1.54, 1.807) is 0 Å². The van der Waals surface area contributed by atoms with E-state index in [2.05, 4.69) is 16.8 Å². The van der Waals surface area contributed by atoms with Crippen LogP contribution in [0.5, 0.6) is 0 Å². The summed E-state index contributed by atoms with van der Waals surface area (Å²) in [6, 6.07) is 0. The van der Waals surface area contributed by atoms with Crippen molar-refractivity contribution in [3.8, 4) is 0 Å². The van der Waals surface area contributed by atoms with E-state index in [-0.39, 0.29) is 18.8 Å². The van der Waals surface area contributed by atoms with Gasteiger partial charge < -0.3 is 10.6 Å². The van der Waals surface area contributed by atoms with Crippen molar-refractivity contribution >= 4 is 5.96 Å². The first-order valence-corrected chi connectivity index (χ1v) is 7.39. The first-order valence-electron chi connectivity index (χ1n) is 7.39. The van der Waals surface area contributed by atoms with Crippen molar-refractivity contribution in [1.82, 2.24) is 4.90 Å². The van der Waals surface area contributed by atoms with E-state index >= 15 is 0 Å². The van der Waals surface area contributed by atoms with E-state index in [9.17, 15) is 8.78 Å². The molecular formula is C14H25F2N3. The van der Waals surface area contributed by atoms with E-state index in [0.717, 1.165) is 25.9 Å². The van der Waals surface area contributed by atoms with Crippen LogP contribution >= 0.6 is 0 Å². The highest BCUT2D eigenvalue weighted by atomic mass is 19.3. The minimum Gasteiger partial charge on any atom is -0.370 e. The summed E-state index contributed by atoms with van der Waals surface area (Å²) in [7, 11) is 0. The summed E-state index contributed by atoms with van der Waals surface area (Å²) in [4.78, 5) is 6.45. The normalized spacial score (nSPS) is 32.4. The van der Waals surface area contributed by atoms with Gasteiger partial charge in [-0.05, 0) is 37.5 Å². The molecule has 19 heavy (non-hydrogen) atoms. The third-order valence-corrected chi connectivity index (χ3v) is 4.23. The van der Waals surface area contributed by atoms with Crippen LogP contribution in [0.1, 0.15) is 45.4 Å². The Morgan fingerprint density at radius 2 is 2.16 bits per heavy atom. The van der Waals surface area contributed by atoms with Gasteiger partial charge in [0.15, 0.2) is 5.96 Å². The van der Waals surface area contributed by atoms with Crippen LogP contribution in [0.3, 0.4) is 0 Å². The highest BCUT2D eigenvalue weighted by molar-refractivity contribution is 5.78. The third-order valence-electron chi connectivity index (χ3n) is 4.23. The number of likely N-dealkylation sites (tertiary alicyclic amines) is 1. The van der Waals surface area contributed by atoms with Gasteiger partial charge in [-0.1, -0.05) is 6.92 Å². The highest BCUT2D eigenvalue weighted by Crippen LogP contribution is 2.36. The molecule has 2 fully saturated rings. The molecule has 0 aromatic rings. The molecule has 2 unspecified atom stereocenters.